The first-order chi connectivity index (χ1) is 9.39. The van der Waals surface area contributed by atoms with Crippen LogP contribution in [-0.2, 0) is 9.53 Å². The molecule has 1 aliphatic rings. The minimum absolute atomic E-state index is 0.0910. The highest BCUT2D eigenvalue weighted by atomic mass is 32.2. The summed E-state index contributed by atoms with van der Waals surface area (Å²) in [6.07, 6.45) is 3.76. The molecule has 110 valence electrons. The smallest absolute Gasteiger partial charge is 0.257 e. The van der Waals surface area contributed by atoms with Gasteiger partial charge in [0.2, 0.25) is 0 Å². The Labute approximate surface area is 126 Å². The lowest BCUT2D eigenvalue weighted by Crippen LogP contribution is -2.39. The van der Waals surface area contributed by atoms with E-state index in [1.165, 1.54) is 30.2 Å². The summed E-state index contributed by atoms with van der Waals surface area (Å²) in [7, 11) is 1.48. The van der Waals surface area contributed by atoms with Crippen molar-refractivity contribution in [3.8, 4) is 0 Å². The van der Waals surface area contributed by atoms with E-state index in [1.54, 1.807) is 13.8 Å². The molecular weight excluding hydrogens is 296 g/mol. The van der Waals surface area contributed by atoms with Crippen LogP contribution >= 0.6 is 23.1 Å². The number of nitrogens with zero attached hydrogens (tertiary/aromatic N) is 1. The largest absolute Gasteiger partial charge is 0.369 e. The van der Waals surface area contributed by atoms with E-state index in [-0.39, 0.29) is 17.6 Å². The van der Waals surface area contributed by atoms with Crippen LogP contribution in [0, 0.1) is 5.92 Å². The number of ketones is 1. The highest BCUT2D eigenvalue weighted by Gasteiger charge is 2.35. The number of thiazole rings is 1. The molecular formula is C13H18N2O3S2. The molecule has 1 aromatic rings. The zero-order chi connectivity index (χ0) is 14.9. The third-order valence-electron chi connectivity index (χ3n) is 3.24. The lowest BCUT2D eigenvalue weighted by molar-refractivity contribution is -0.133. The Balaban J connectivity index is 2.24. The number of carbonyl (C=O) groups is 2. The van der Waals surface area contributed by atoms with Gasteiger partial charge in [-0.25, -0.2) is 4.98 Å². The van der Waals surface area contributed by atoms with Gasteiger partial charge in [0, 0.05) is 13.0 Å². The average molecular weight is 314 g/mol. The number of nitrogens with one attached hydrogen (secondary N) is 1. The van der Waals surface area contributed by atoms with Crippen LogP contribution in [0.4, 0.5) is 5.82 Å². The van der Waals surface area contributed by atoms with Crippen LogP contribution in [0.3, 0.4) is 0 Å². The number of hydrogen-bond acceptors (Lipinski definition) is 6. The van der Waals surface area contributed by atoms with Gasteiger partial charge in [0.1, 0.15) is 10.5 Å². The summed E-state index contributed by atoms with van der Waals surface area (Å²) in [6, 6.07) is 0. The van der Waals surface area contributed by atoms with Crippen LogP contribution in [0.15, 0.2) is 4.34 Å². The lowest BCUT2D eigenvalue weighted by atomic mass is 10.1. The number of amides is 1. The molecule has 5 nitrogen and oxygen atoms in total. The van der Waals surface area contributed by atoms with E-state index >= 15 is 0 Å². The van der Waals surface area contributed by atoms with Gasteiger partial charge >= 0.3 is 0 Å². The van der Waals surface area contributed by atoms with Gasteiger partial charge in [0.05, 0.1) is 0 Å². The molecule has 0 unspecified atom stereocenters. The highest BCUT2D eigenvalue weighted by Crippen LogP contribution is 2.38. The van der Waals surface area contributed by atoms with Gasteiger partial charge in [-0.3, -0.25) is 9.59 Å². The fraction of sp³-hybridized carbons (Fsp3) is 0.615. The summed E-state index contributed by atoms with van der Waals surface area (Å²) < 4.78 is 5.92. The van der Waals surface area contributed by atoms with Crippen LogP contribution in [0.1, 0.15) is 36.4 Å². The van der Waals surface area contributed by atoms with Crippen molar-refractivity contribution in [2.45, 2.75) is 36.6 Å². The zero-order valence-corrected chi connectivity index (χ0v) is 13.6. The van der Waals surface area contributed by atoms with E-state index in [2.05, 4.69) is 10.3 Å². The Morgan fingerprint density at radius 1 is 1.45 bits per heavy atom. The molecule has 0 aliphatic heterocycles. The molecule has 1 amide bonds. The van der Waals surface area contributed by atoms with Gasteiger partial charge in [0.25, 0.3) is 5.91 Å². The molecule has 1 aliphatic carbocycles. The maximum absolute atomic E-state index is 12.2. The van der Waals surface area contributed by atoms with Crippen molar-refractivity contribution in [2.75, 3.05) is 18.7 Å². The topological polar surface area (TPSA) is 68.3 Å². The summed E-state index contributed by atoms with van der Waals surface area (Å²) >= 11 is 2.81. The fourth-order valence-corrected chi connectivity index (χ4v) is 3.06. The van der Waals surface area contributed by atoms with Gasteiger partial charge in [-0.1, -0.05) is 11.8 Å². The first-order valence-electron chi connectivity index (χ1n) is 6.34. The van der Waals surface area contributed by atoms with Crippen LogP contribution in [0.25, 0.3) is 0 Å². The first-order valence-corrected chi connectivity index (χ1v) is 8.38. The lowest BCUT2D eigenvalue weighted by Gasteiger charge is -2.21. The van der Waals surface area contributed by atoms with Crippen LogP contribution in [0.5, 0.6) is 0 Å². The van der Waals surface area contributed by atoms with E-state index in [1.807, 2.05) is 6.26 Å². The monoisotopic (exact) mass is 314 g/mol. The molecule has 20 heavy (non-hydrogen) atoms. The summed E-state index contributed by atoms with van der Waals surface area (Å²) in [4.78, 5) is 29.2. The Kier molecular flexibility index (Phi) is 4.51. The predicted octanol–water partition coefficient (Wildman–Crippen LogP) is 2.82. The molecule has 0 saturated heterocycles. The molecule has 0 bridgehead atoms. The van der Waals surface area contributed by atoms with E-state index in [4.69, 9.17) is 4.74 Å². The van der Waals surface area contributed by atoms with Crippen molar-refractivity contribution >= 4 is 40.6 Å². The predicted molar refractivity (Wildman–Crippen MR) is 80.7 cm³/mol. The second-order valence-electron chi connectivity index (χ2n) is 5.17. The van der Waals surface area contributed by atoms with E-state index in [9.17, 15) is 9.59 Å². The number of hydrogen-bond donors (Lipinski definition) is 1. The number of Topliss-reactive ketones (excluding diaryl/α,β-unsaturated/α-hetero) is 1. The zero-order valence-electron chi connectivity index (χ0n) is 12.0. The summed E-state index contributed by atoms with van der Waals surface area (Å²) in [5, 5.41) is 2.72. The number of aromatic nitrogens is 1. The quantitative estimate of drug-likeness (QED) is 0.646. The van der Waals surface area contributed by atoms with Gasteiger partial charge in [0.15, 0.2) is 15.9 Å². The SMILES string of the molecule is COC(C)(C)C(=O)Nc1nc(SC)sc1C(=O)C1CC1. The molecule has 0 radical (unpaired) electrons. The standard InChI is InChI=1S/C13H18N2O3S2/c1-13(2,18-3)11(17)14-10-9(8(16)7-5-6-7)20-12(15-10)19-4/h7H,5-6H2,1-4H3,(H,14,17). The highest BCUT2D eigenvalue weighted by molar-refractivity contribution is 8.00. The summed E-state index contributed by atoms with van der Waals surface area (Å²) in [6.45, 7) is 3.35. The van der Waals surface area contributed by atoms with Crippen LogP contribution in [-0.4, -0.2) is 35.6 Å². The molecule has 1 fully saturated rings. The molecule has 0 aromatic carbocycles. The Morgan fingerprint density at radius 3 is 2.60 bits per heavy atom. The van der Waals surface area contributed by atoms with Crippen molar-refractivity contribution in [3.63, 3.8) is 0 Å². The van der Waals surface area contributed by atoms with Gasteiger partial charge in [-0.15, -0.1) is 11.3 Å². The van der Waals surface area contributed by atoms with E-state index in [0.717, 1.165) is 17.2 Å². The van der Waals surface area contributed by atoms with Crippen LogP contribution in [0.2, 0.25) is 0 Å². The third-order valence-corrected chi connectivity index (χ3v) is 5.30. The van der Waals surface area contributed by atoms with Crippen molar-refractivity contribution < 1.29 is 14.3 Å². The fourth-order valence-electron chi connectivity index (χ4n) is 1.52. The number of thioether (sulfide) groups is 1. The van der Waals surface area contributed by atoms with Crippen molar-refractivity contribution in [1.29, 1.82) is 0 Å². The Morgan fingerprint density at radius 2 is 2.10 bits per heavy atom. The van der Waals surface area contributed by atoms with Gasteiger partial charge in [-0.05, 0) is 32.9 Å². The van der Waals surface area contributed by atoms with Crippen molar-refractivity contribution in [3.05, 3.63) is 4.88 Å². The average Bonchev–Trinajstić information content (AvgIpc) is 3.19. The normalized spacial score (nSPS) is 15.2. The molecule has 2 rings (SSSR count). The van der Waals surface area contributed by atoms with Gasteiger partial charge < -0.3 is 10.1 Å². The maximum Gasteiger partial charge on any atom is 0.257 e. The second-order valence-corrected chi connectivity index (χ2v) is 7.22. The van der Waals surface area contributed by atoms with Crippen molar-refractivity contribution in [2.24, 2.45) is 5.92 Å². The number of carbonyl (C=O) groups excluding carboxylic acids is 2. The van der Waals surface area contributed by atoms with E-state index < -0.39 is 5.60 Å². The molecule has 0 spiro atoms. The Bertz CT molecular complexity index is 536. The maximum atomic E-state index is 12.2. The van der Waals surface area contributed by atoms with Crippen LogP contribution < -0.4 is 5.32 Å². The summed E-state index contributed by atoms with van der Waals surface area (Å²) in [5.74, 6) is 0.263. The molecule has 1 N–H and O–H groups in total. The first kappa shape index (κ1) is 15.5. The van der Waals surface area contributed by atoms with Crippen molar-refractivity contribution in [1.82, 2.24) is 4.98 Å². The number of rotatable bonds is 6. The molecule has 7 heteroatoms. The minimum Gasteiger partial charge on any atom is -0.369 e. The van der Waals surface area contributed by atoms with Gasteiger partial charge in [-0.2, -0.15) is 0 Å². The molecule has 0 atom stereocenters. The molecule has 1 heterocycles. The minimum atomic E-state index is -0.955. The molecule has 1 saturated carbocycles. The second kappa shape index (κ2) is 5.83. The van der Waals surface area contributed by atoms with E-state index in [0.29, 0.717) is 10.7 Å². The third kappa shape index (κ3) is 3.21. The number of methoxy groups -OCH3 is 1. The number of anilines is 1. The molecule has 1 aromatic heterocycles. The number of ether oxygens (including phenoxy) is 1. The summed E-state index contributed by atoms with van der Waals surface area (Å²) in [5.41, 5.74) is -0.955. The Hall–Kier alpha value is -0.920.